The molecule has 0 fully saturated rings. The van der Waals surface area contributed by atoms with Crippen LogP contribution in [0.2, 0.25) is 0 Å². The van der Waals surface area contributed by atoms with Gasteiger partial charge in [0.1, 0.15) is 0 Å². The van der Waals surface area contributed by atoms with Gasteiger partial charge in [-0.2, -0.15) is 0 Å². The number of hydrogen-bond donors (Lipinski definition) is 1. The van der Waals surface area contributed by atoms with E-state index in [-0.39, 0.29) is 6.61 Å². The second kappa shape index (κ2) is 4.67. The first-order chi connectivity index (χ1) is 6.29. The summed E-state index contributed by atoms with van der Waals surface area (Å²) in [4.78, 5) is 0. The first-order valence-corrected chi connectivity index (χ1v) is 4.40. The standard InChI is InChI=1S/C9H9N.C2H6O/c1-10-7-6-8-4-2-3-5-9(8)10;1-2-3/h2-7H,1H3;3H,2H2,1H3. The third-order valence-corrected chi connectivity index (χ3v) is 1.79. The molecule has 2 rings (SSSR count). The van der Waals surface area contributed by atoms with E-state index >= 15 is 0 Å². The lowest BCUT2D eigenvalue weighted by molar-refractivity contribution is 0.318. The third kappa shape index (κ3) is 2.33. The molecule has 0 spiro atoms. The first kappa shape index (κ1) is 9.81. The molecule has 70 valence electrons. The van der Waals surface area contributed by atoms with Crippen molar-refractivity contribution in [2.75, 3.05) is 6.61 Å². The smallest absolute Gasteiger partial charge is 0.0477 e. The fourth-order valence-electron chi connectivity index (χ4n) is 1.22. The van der Waals surface area contributed by atoms with Gasteiger partial charge < -0.3 is 9.67 Å². The van der Waals surface area contributed by atoms with Crippen LogP contribution in [0.3, 0.4) is 0 Å². The molecule has 0 aliphatic carbocycles. The number of rotatable bonds is 0. The monoisotopic (exact) mass is 177 g/mol. The highest BCUT2D eigenvalue weighted by atomic mass is 16.2. The van der Waals surface area contributed by atoms with Crippen molar-refractivity contribution in [3.05, 3.63) is 36.5 Å². The molecule has 2 heteroatoms. The van der Waals surface area contributed by atoms with Crippen LogP contribution in [0.5, 0.6) is 0 Å². The molecular weight excluding hydrogens is 162 g/mol. The van der Waals surface area contributed by atoms with E-state index in [9.17, 15) is 0 Å². The lowest BCUT2D eigenvalue weighted by atomic mass is 10.2. The zero-order chi connectivity index (χ0) is 9.68. The molecule has 1 heterocycles. The van der Waals surface area contributed by atoms with Gasteiger partial charge in [0.25, 0.3) is 0 Å². The van der Waals surface area contributed by atoms with Crippen LogP contribution in [-0.4, -0.2) is 16.3 Å². The number of para-hydroxylation sites is 1. The highest BCUT2D eigenvalue weighted by Crippen LogP contribution is 2.12. The summed E-state index contributed by atoms with van der Waals surface area (Å²) >= 11 is 0. The van der Waals surface area contributed by atoms with Crippen molar-refractivity contribution in [1.29, 1.82) is 0 Å². The quantitative estimate of drug-likeness (QED) is 0.655. The average molecular weight is 177 g/mol. The maximum Gasteiger partial charge on any atom is 0.0477 e. The third-order valence-electron chi connectivity index (χ3n) is 1.79. The molecule has 2 nitrogen and oxygen atoms in total. The number of benzene rings is 1. The molecule has 2 aromatic rings. The second-order valence-corrected chi connectivity index (χ2v) is 2.80. The van der Waals surface area contributed by atoms with Gasteiger partial charge in [0.2, 0.25) is 0 Å². The van der Waals surface area contributed by atoms with Gasteiger partial charge >= 0.3 is 0 Å². The first-order valence-electron chi connectivity index (χ1n) is 4.40. The lowest BCUT2D eigenvalue weighted by Crippen LogP contribution is -1.81. The van der Waals surface area contributed by atoms with E-state index in [1.165, 1.54) is 10.9 Å². The largest absolute Gasteiger partial charge is 0.397 e. The maximum atomic E-state index is 7.57. The predicted molar refractivity (Wildman–Crippen MR) is 55.7 cm³/mol. The Labute approximate surface area is 78.4 Å². The minimum Gasteiger partial charge on any atom is -0.397 e. The summed E-state index contributed by atoms with van der Waals surface area (Å²) in [5.74, 6) is 0. The van der Waals surface area contributed by atoms with Crippen LogP contribution in [0.1, 0.15) is 6.92 Å². The molecule has 0 saturated heterocycles. The SMILES string of the molecule is CCO.Cn1ccc2ccccc21. The number of aromatic nitrogens is 1. The van der Waals surface area contributed by atoms with Crippen LogP contribution in [-0.2, 0) is 7.05 Å². The van der Waals surface area contributed by atoms with Gasteiger partial charge in [0.15, 0.2) is 0 Å². The molecule has 1 aromatic heterocycles. The van der Waals surface area contributed by atoms with Crippen LogP contribution in [0.15, 0.2) is 36.5 Å². The van der Waals surface area contributed by atoms with Crippen LogP contribution in [0, 0.1) is 0 Å². The number of aryl methyl sites for hydroxylation is 1. The zero-order valence-corrected chi connectivity index (χ0v) is 8.07. The Bertz CT molecular complexity index is 365. The molecule has 1 aromatic carbocycles. The topological polar surface area (TPSA) is 25.2 Å². The Kier molecular flexibility index (Phi) is 3.53. The molecule has 0 radical (unpaired) electrons. The molecule has 0 aliphatic rings. The number of hydrogen-bond acceptors (Lipinski definition) is 1. The van der Waals surface area contributed by atoms with Gasteiger partial charge in [-0.15, -0.1) is 0 Å². The summed E-state index contributed by atoms with van der Waals surface area (Å²) in [7, 11) is 2.06. The highest BCUT2D eigenvalue weighted by molar-refractivity contribution is 5.79. The van der Waals surface area contributed by atoms with Crippen molar-refractivity contribution in [1.82, 2.24) is 4.57 Å². The van der Waals surface area contributed by atoms with E-state index in [1.807, 2.05) is 0 Å². The second-order valence-electron chi connectivity index (χ2n) is 2.80. The van der Waals surface area contributed by atoms with E-state index in [1.54, 1.807) is 6.92 Å². The predicted octanol–water partition coefficient (Wildman–Crippen LogP) is 2.18. The molecule has 13 heavy (non-hydrogen) atoms. The van der Waals surface area contributed by atoms with Crippen molar-refractivity contribution in [3.63, 3.8) is 0 Å². The van der Waals surface area contributed by atoms with Gasteiger partial charge in [-0.3, -0.25) is 0 Å². The maximum absolute atomic E-state index is 7.57. The molecule has 0 saturated carbocycles. The van der Waals surface area contributed by atoms with Gasteiger partial charge in [-0.1, -0.05) is 18.2 Å². The summed E-state index contributed by atoms with van der Waals surface area (Å²) in [6.07, 6.45) is 2.07. The van der Waals surface area contributed by atoms with Gasteiger partial charge in [-0.25, -0.2) is 0 Å². The summed E-state index contributed by atoms with van der Waals surface area (Å²) in [5, 5.41) is 8.88. The highest BCUT2D eigenvalue weighted by Gasteiger charge is 1.92. The minimum absolute atomic E-state index is 0.250. The summed E-state index contributed by atoms with van der Waals surface area (Å²) in [6, 6.07) is 10.5. The van der Waals surface area contributed by atoms with Crippen molar-refractivity contribution in [2.24, 2.45) is 7.05 Å². The Morgan fingerprint density at radius 2 is 1.85 bits per heavy atom. The van der Waals surface area contributed by atoms with Gasteiger partial charge in [0.05, 0.1) is 0 Å². The van der Waals surface area contributed by atoms with Crippen molar-refractivity contribution in [2.45, 2.75) is 6.92 Å². The van der Waals surface area contributed by atoms with Gasteiger partial charge in [0, 0.05) is 25.4 Å². The van der Waals surface area contributed by atoms with E-state index in [0.29, 0.717) is 0 Å². The Morgan fingerprint density at radius 1 is 1.23 bits per heavy atom. The van der Waals surface area contributed by atoms with E-state index in [4.69, 9.17) is 5.11 Å². The molecule has 0 unspecified atom stereocenters. The van der Waals surface area contributed by atoms with E-state index in [0.717, 1.165) is 0 Å². The molecule has 0 amide bonds. The zero-order valence-electron chi connectivity index (χ0n) is 8.07. The molecule has 0 bridgehead atoms. The van der Waals surface area contributed by atoms with Gasteiger partial charge in [-0.05, 0) is 24.4 Å². The summed E-state index contributed by atoms with van der Waals surface area (Å²) in [6.45, 7) is 1.93. The van der Waals surface area contributed by atoms with E-state index < -0.39 is 0 Å². The molecule has 0 aliphatic heterocycles. The Morgan fingerprint density at radius 3 is 2.46 bits per heavy atom. The Balaban J connectivity index is 0.000000251. The van der Waals surface area contributed by atoms with Crippen molar-refractivity contribution < 1.29 is 5.11 Å². The van der Waals surface area contributed by atoms with E-state index in [2.05, 4.69) is 48.1 Å². The number of aliphatic hydroxyl groups excluding tert-OH is 1. The summed E-state index contributed by atoms with van der Waals surface area (Å²) in [5.41, 5.74) is 1.29. The van der Waals surface area contributed by atoms with Crippen LogP contribution in [0.4, 0.5) is 0 Å². The Hall–Kier alpha value is -1.28. The summed E-state index contributed by atoms with van der Waals surface area (Å²) < 4.78 is 2.12. The fraction of sp³-hybridized carbons (Fsp3) is 0.273. The van der Waals surface area contributed by atoms with Crippen molar-refractivity contribution in [3.8, 4) is 0 Å². The lowest BCUT2D eigenvalue weighted by Gasteiger charge is -1.92. The number of fused-ring (bicyclic) bond motifs is 1. The van der Waals surface area contributed by atoms with Crippen LogP contribution >= 0.6 is 0 Å². The average Bonchev–Trinajstić information content (AvgIpc) is 2.50. The fourth-order valence-corrected chi connectivity index (χ4v) is 1.22. The molecule has 0 atom stereocenters. The molecule has 1 N–H and O–H groups in total. The van der Waals surface area contributed by atoms with Crippen LogP contribution in [0.25, 0.3) is 10.9 Å². The van der Waals surface area contributed by atoms with Crippen LogP contribution < -0.4 is 0 Å². The minimum atomic E-state index is 0.250. The number of nitrogens with zero attached hydrogens (tertiary/aromatic N) is 1. The molecular formula is C11H15NO. The normalized spacial score (nSPS) is 9.46. The van der Waals surface area contributed by atoms with Crippen molar-refractivity contribution >= 4 is 10.9 Å². The number of aliphatic hydroxyl groups is 1.